The predicted octanol–water partition coefficient (Wildman–Crippen LogP) is 4.02. The van der Waals surface area contributed by atoms with E-state index in [2.05, 4.69) is 34.6 Å². The van der Waals surface area contributed by atoms with Crippen molar-refractivity contribution in [2.45, 2.75) is 72.0 Å². The van der Waals surface area contributed by atoms with Crippen LogP contribution in [0, 0.1) is 11.8 Å². The lowest BCUT2D eigenvalue weighted by Crippen LogP contribution is -2.31. The minimum Gasteiger partial charge on any atom is -0.373 e. The predicted molar refractivity (Wildman–Crippen MR) is 61.4 cm³/mol. The molecular formula is C13H26O. The van der Waals surface area contributed by atoms with Gasteiger partial charge in [-0.15, -0.1) is 0 Å². The Morgan fingerprint density at radius 2 is 1.50 bits per heavy atom. The lowest BCUT2D eigenvalue weighted by Gasteiger charge is -2.34. The van der Waals surface area contributed by atoms with Crippen LogP contribution in [0.3, 0.4) is 0 Å². The minimum absolute atomic E-state index is 0.0370. The topological polar surface area (TPSA) is 9.23 Å². The molecular weight excluding hydrogens is 172 g/mol. The summed E-state index contributed by atoms with van der Waals surface area (Å²) in [5.74, 6) is 1.79. The van der Waals surface area contributed by atoms with Crippen LogP contribution < -0.4 is 0 Å². The highest BCUT2D eigenvalue weighted by atomic mass is 16.5. The third-order valence-corrected chi connectivity index (χ3v) is 3.18. The van der Waals surface area contributed by atoms with E-state index < -0.39 is 0 Å². The first-order chi connectivity index (χ1) is 6.38. The van der Waals surface area contributed by atoms with E-state index in [4.69, 9.17) is 4.74 Å². The summed E-state index contributed by atoms with van der Waals surface area (Å²) in [7, 11) is 0. The van der Waals surface area contributed by atoms with E-state index in [-0.39, 0.29) is 5.60 Å². The average molecular weight is 198 g/mol. The Labute approximate surface area is 89.2 Å². The maximum absolute atomic E-state index is 6.01. The van der Waals surface area contributed by atoms with Gasteiger partial charge in [0.15, 0.2) is 0 Å². The first-order valence-corrected chi connectivity index (χ1v) is 6.06. The molecule has 1 rings (SSSR count). The van der Waals surface area contributed by atoms with E-state index in [0.717, 1.165) is 11.8 Å². The molecule has 0 atom stereocenters. The van der Waals surface area contributed by atoms with Gasteiger partial charge in [-0.25, -0.2) is 0 Å². The van der Waals surface area contributed by atoms with Crippen molar-refractivity contribution in [2.75, 3.05) is 0 Å². The van der Waals surface area contributed by atoms with Crippen LogP contribution >= 0.6 is 0 Å². The molecule has 14 heavy (non-hydrogen) atoms. The smallest absolute Gasteiger partial charge is 0.0602 e. The Balaban J connectivity index is 2.29. The van der Waals surface area contributed by atoms with Crippen molar-refractivity contribution in [1.82, 2.24) is 0 Å². The van der Waals surface area contributed by atoms with Crippen molar-refractivity contribution in [2.24, 2.45) is 11.8 Å². The highest BCUT2D eigenvalue weighted by molar-refractivity contribution is 4.76. The van der Waals surface area contributed by atoms with E-state index in [1.807, 2.05) is 0 Å². The highest BCUT2D eigenvalue weighted by Crippen LogP contribution is 2.32. The molecule has 1 aliphatic carbocycles. The van der Waals surface area contributed by atoms with Gasteiger partial charge in [0.05, 0.1) is 11.7 Å². The summed E-state index contributed by atoms with van der Waals surface area (Å²) in [6.45, 7) is 11.1. The van der Waals surface area contributed by atoms with Crippen molar-refractivity contribution < 1.29 is 4.74 Å². The van der Waals surface area contributed by atoms with Gasteiger partial charge < -0.3 is 4.74 Å². The van der Waals surface area contributed by atoms with Gasteiger partial charge >= 0.3 is 0 Å². The van der Waals surface area contributed by atoms with E-state index >= 15 is 0 Å². The lowest BCUT2D eigenvalue weighted by molar-refractivity contribution is -0.0802. The second-order valence-electron chi connectivity index (χ2n) is 6.01. The van der Waals surface area contributed by atoms with Crippen LogP contribution in [-0.2, 0) is 4.74 Å². The number of ether oxygens (including phenoxy) is 1. The zero-order valence-corrected chi connectivity index (χ0v) is 10.5. The third kappa shape index (κ3) is 4.00. The van der Waals surface area contributed by atoms with Crippen LogP contribution in [0.4, 0.5) is 0 Å². The summed E-state index contributed by atoms with van der Waals surface area (Å²) in [6, 6.07) is 0. The first-order valence-electron chi connectivity index (χ1n) is 6.06. The molecule has 1 saturated carbocycles. The molecule has 1 aliphatic rings. The summed E-state index contributed by atoms with van der Waals surface area (Å²) in [6.07, 6.45) is 5.77. The van der Waals surface area contributed by atoms with E-state index in [1.165, 1.54) is 25.7 Å². The van der Waals surface area contributed by atoms with Crippen molar-refractivity contribution in [3.8, 4) is 0 Å². The van der Waals surface area contributed by atoms with Crippen molar-refractivity contribution in [1.29, 1.82) is 0 Å². The molecule has 0 aromatic carbocycles. The molecule has 0 bridgehead atoms. The van der Waals surface area contributed by atoms with E-state index in [9.17, 15) is 0 Å². The number of hydrogen-bond donors (Lipinski definition) is 0. The maximum Gasteiger partial charge on any atom is 0.0602 e. The van der Waals surface area contributed by atoms with Crippen LogP contribution in [0.5, 0.6) is 0 Å². The molecule has 1 fully saturated rings. The molecule has 0 saturated heterocycles. The van der Waals surface area contributed by atoms with Crippen LogP contribution in [-0.4, -0.2) is 11.7 Å². The molecule has 0 spiro atoms. The van der Waals surface area contributed by atoms with Crippen molar-refractivity contribution in [3.05, 3.63) is 0 Å². The fraction of sp³-hybridized carbons (Fsp3) is 1.00. The van der Waals surface area contributed by atoms with Crippen LogP contribution in [0.15, 0.2) is 0 Å². The normalized spacial score (nSPS) is 29.6. The van der Waals surface area contributed by atoms with Crippen LogP contribution in [0.25, 0.3) is 0 Å². The summed E-state index contributed by atoms with van der Waals surface area (Å²) < 4.78 is 6.01. The summed E-state index contributed by atoms with van der Waals surface area (Å²) in [5, 5.41) is 0. The van der Waals surface area contributed by atoms with Gasteiger partial charge in [0.25, 0.3) is 0 Å². The Morgan fingerprint density at radius 1 is 1.00 bits per heavy atom. The molecule has 0 heterocycles. The van der Waals surface area contributed by atoms with Gasteiger partial charge in [0.1, 0.15) is 0 Å². The van der Waals surface area contributed by atoms with E-state index in [0.29, 0.717) is 6.10 Å². The van der Waals surface area contributed by atoms with Gasteiger partial charge in [-0.2, -0.15) is 0 Å². The van der Waals surface area contributed by atoms with Crippen molar-refractivity contribution >= 4 is 0 Å². The highest BCUT2D eigenvalue weighted by Gasteiger charge is 2.26. The molecule has 0 aromatic rings. The van der Waals surface area contributed by atoms with E-state index in [1.54, 1.807) is 0 Å². The van der Waals surface area contributed by atoms with Gasteiger partial charge in [0.2, 0.25) is 0 Å². The molecule has 1 heteroatoms. The molecule has 0 aliphatic heterocycles. The largest absolute Gasteiger partial charge is 0.373 e. The monoisotopic (exact) mass is 198 g/mol. The lowest BCUT2D eigenvalue weighted by atomic mass is 9.80. The number of rotatable bonds is 2. The fourth-order valence-electron chi connectivity index (χ4n) is 2.37. The third-order valence-electron chi connectivity index (χ3n) is 3.18. The molecule has 1 nitrogen and oxygen atoms in total. The second-order valence-corrected chi connectivity index (χ2v) is 6.01. The summed E-state index contributed by atoms with van der Waals surface area (Å²) >= 11 is 0. The zero-order valence-electron chi connectivity index (χ0n) is 10.5. The Hall–Kier alpha value is -0.0400. The minimum atomic E-state index is 0.0370. The quantitative estimate of drug-likeness (QED) is 0.651. The Kier molecular flexibility index (Phi) is 4.00. The molecule has 0 unspecified atom stereocenters. The average Bonchev–Trinajstić information content (AvgIpc) is 2.02. The van der Waals surface area contributed by atoms with Gasteiger partial charge in [-0.05, 0) is 58.3 Å². The first kappa shape index (κ1) is 12.0. The molecule has 0 N–H and O–H groups in total. The van der Waals surface area contributed by atoms with Crippen LogP contribution in [0.1, 0.15) is 60.3 Å². The molecule has 0 amide bonds. The maximum atomic E-state index is 6.01. The SMILES string of the molecule is CC(C)C1CCC(OC(C)(C)C)CC1. The molecule has 0 radical (unpaired) electrons. The Morgan fingerprint density at radius 3 is 1.86 bits per heavy atom. The van der Waals surface area contributed by atoms with Gasteiger partial charge in [-0.3, -0.25) is 0 Å². The Bertz CT molecular complexity index is 159. The summed E-state index contributed by atoms with van der Waals surface area (Å²) in [4.78, 5) is 0. The van der Waals surface area contributed by atoms with Gasteiger partial charge in [0, 0.05) is 0 Å². The van der Waals surface area contributed by atoms with Crippen molar-refractivity contribution in [3.63, 3.8) is 0 Å². The summed E-state index contributed by atoms with van der Waals surface area (Å²) in [5.41, 5.74) is 0.0370. The standard InChI is InChI=1S/C13H26O/c1-10(2)11-6-8-12(9-7-11)14-13(3,4)5/h10-12H,6-9H2,1-5H3. The molecule has 84 valence electrons. The van der Waals surface area contributed by atoms with Crippen LogP contribution in [0.2, 0.25) is 0 Å². The molecule has 0 aromatic heterocycles. The zero-order chi connectivity index (χ0) is 10.8. The second kappa shape index (κ2) is 4.65. The van der Waals surface area contributed by atoms with Gasteiger partial charge in [-0.1, -0.05) is 13.8 Å². The number of hydrogen-bond acceptors (Lipinski definition) is 1. The fourth-order valence-corrected chi connectivity index (χ4v) is 2.37.